The molecule has 2 atom stereocenters. The van der Waals surface area contributed by atoms with E-state index in [0.717, 1.165) is 22.2 Å². The summed E-state index contributed by atoms with van der Waals surface area (Å²) in [4.78, 5) is 25.8. The molecular formula is C13H16BrNO2S. The van der Waals surface area contributed by atoms with Crippen molar-refractivity contribution >= 4 is 39.1 Å². The highest BCUT2D eigenvalue weighted by atomic mass is 79.9. The highest BCUT2D eigenvalue weighted by Crippen LogP contribution is 2.40. The summed E-state index contributed by atoms with van der Waals surface area (Å²) in [6.07, 6.45) is 2.20. The highest BCUT2D eigenvalue weighted by molar-refractivity contribution is 9.10. The van der Waals surface area contributed by atoms with Gasteiger partial charge in [0.1, 0.15) is 0 Å². The molecular weight excluding hydrogens is 314 g/mol. The lowest BCUT2D eigenvalue weighted by Gasteiger charge is -2.29. The van der Waals surface area contributed by atoms with Gasteiger partial charge in [-0.2, -0.15) is 0 Å². The van der Waals surface area contributed by atoms with Crippen LogP contribution in [0.2, 0.25) is 0 Å². The smallest absolute Gasteiger partial charge is 0.230 e. The number of aryl methyl sites for hydroxylation is 1. The van der Waals surface area contributed by atoms with Crippen LogP contribution in [0.4, 0.5) is 0 Å². The van der Waals surface area contributed by atoms with Crippen LogP contribution in [0.1, 0.15) is 41.9 Å². The number of amides is 2. The largest absolute Gasteiger partial charge is 0.296 e. The highest BCUT2D eigenvalue weighted by Gasteiger charge is 2.36. The average Bonchev–Trinajstić information content (AvgIpc) is 2.63. The molecule has 0 radical (unpaired) electrons. The lowest BCUT2D eigenvalue weighted by atomic mass is 9.81. The van der Waals surface area contributed by atoms with E-state index >= 15 is 0 Å². The van der Waals surface area contributed by atoms with Crippen molar-refractivity contribution in [2.75, 3.05) is 0 Å². The van der Waals surface area contributed by atoms with Crippen molar-refractivity contribution in [3.63, 3.8) is 0 Å². The summed E-state index contributed by atoms with van der Waals surface area (Å²) in [5, 5.41) is 2.45. The zero-order chi connectivity index (χ0) is 13.3. The van der Waals surface area contributed by atoms with Crippen molar-refractivity contribution in [1.82, 2.24) is 5.32 Å². The fourth-order valence-electron chi connectivity index (χ4n) is 2.41. The van der Waals surface area contributed by atoms with Crippen LogP contribution in [0.5, 0.6) is 0 Å². The van der Waals surface area contributed by atoms with Gasteiger partial charge in [-0.15, -0.1) is 11.3 Å². The van der Waals surface area contributed by atoms with Crippen molar-refractivity contribution in [1.29, 1.82) is 0 Å². The second-order valence-electron chi connectivity index (χ2n) is 4.67. The minimum absolute atomic E-state index is 0.0428. The van der Waals surface area contributed by atoms with Crippen LogP contribution in [0.3, 0.4) is 0 Å². The van der Waals surface area contributed by atoms with Gasteiger partial charge in [-0.05, 0) is 35.3 Å². The minimum Gasteiger partial charge on any atom is -0.296 e. The Kier molecular flexibility index (Phi) is 4.22. The van der Waals surface area contributed by atoms with Crippen molar-refractivity contribution in [3.8, 4) is 0 Å². The summed E-state index contributed by atoms with van der Waals surface area (Å²) in [7, 11) is 0. The number of halogens is 1. The third-order valence-corrected chi connectivity index (χ3v) is 5.60. The molecule has 2 amide bonds. The maximum atomic E-state index is 11.9. The Labute approximate surface area is 119 Å². The first-order chi connectivity index (χ1) is 8.52. The van der Waals surface area contributed by atoms with E-state index < -0.39 is 0 Å². The topological polar surface area (TPSA) is 46.2 Å². The molecule has 1 aliphatic heterocycles. The predicted octanol–water partition coefficient (Wildman–Crippen LogP) is 3.37. The number of piperidine rings is 1. The monoisotopic (exact) mass is 329 g/mol. The number of nitrogens with one attached hydrogen (secondary N) is 1. The Morgan fingerprint density at radius 1 is 1.50 bits per heavy atom. The molecule has 2 rings (SSSR count). The molecule has 98 valence electrons. The molecule has 0 aliphatic carbocycles. The van der Waals surface area contributed by atoms with E-state index in [0.29, 0.717) is 6.42 Å². The van der Waals surface area contributed by atoms with Gasteiger partial charge in [0, 0.05) is 32.5 Å². The van der Waals surface area contributed by atoms with Crippen LogP contribution < -0.4 is 5.32 Å². The molecule has 1 aliphatic rings. The fourth-order valence-corrected chi connectivity index (χ4v) is 4.14. The molecule has 3 nitrogen and oxygen atoms in total. The van der Waals surface area contributed by atoms with E-state index in [-0.39, 0.29) is 23.7 Å². The van der Waals surface area contributed by atoms with Gasteiger partial charge < -0.3 is 0 Å². The molecule has 1 saturated heterocycles. The van der Waals surface area contributed by atoms with Gasteiger partial charge in [0.25, 0.3) is 0 Å². The molecule has 1 aromatic heterocycles. The molecule has 5 heteroatoms. The Morgan fingerprint density at radius 2 is 2.22 bits per heavy atom. The van der Waals surface area contributed by atoms with Crippen LogP contribution in [0, 0.1) is 12.8 Å². The van der Waals surface area contributed by atoms with E-state index in [1.807, 2.05) is 6.92 Å². The number of imide groups is 1. The van der Waals surface area contributed by atoms with Crippen molar-refractivity contribution in [2.24, 2.45) is 5.92 Å². The predicted molar refractivity (Wildman–Crippen MR) is 75.7 cm³/mol. The quantitative estimate of drug-likeness (QED) is 0.864. The van der Waals surface area contributed by atoms with Gasteiger partial charge in [-0.1, -0.05) is 13.3 Å². The summed E-state index contributed by atoms with van der Waals surface area (Å²) in [5.74, 6) is -0.293. The number of carbonyl (C=O) groups excluding carboxylic acids is 2. The van der Waals surface area contributed by atoms with Crippen molar-refractivity contribution in [2.45, 2.75) is 39.0 Å². The van der Waals surface area contributed by atoms with Gasteiger partial charge in [-0.3, -0.25) is 14.9 Å². The first-order valence-corrected chi connectivity index (χ1v) is 7.73. The lowest BCUT2D eigenvalue weighted by Crippen LogP contribution is -2.44. The van der Waals surface area contributed by atoms with Gasteiger partial charge in [0.05, 0.1) is 0 Å². The molecule has 18 heavy (non-hydrogen) atoms. The lowest BCUT2D eigenvalue weighted by molar-refractivity contribution is -0.137. The Hall–Kier alpha value is -0.680. The second-order valence-corrected chi connectivity index (χ2v) is 6.81. The molecule has 1 aromatic rings. The van der Waals surface area contributed by atoms with Crippen LogP contribution in [0.15, 0.2) is 10.5 Å². The van der Waals surface area contributed by atoms with E-state index in [4.69, 9.17) is 0 Å². The fraction of sp³-hybridized carbons (Fsp3) is 0.538. The standard InChI is InChI=1S/C13H16BrNO2S/c1-3-4-8-9(5-12(16)15-13(8)17)11-6-10(14)7(2)18-11/h6,8-9H,3-5H2,1-2H3,(H,15,16,17). The number of hydrogen-bond acceptors (Lipinski definition) is 3. The van der Waals surface area contributed by atoms with Gasteiger partial charge in [0.15, 0.2) is 0 Å². The molecule has 0 aromatic carbocycles. The third kappa shape index (κ3) is 2.67. The van der Waals surface area contributed by atoms with E-state index in [2.05, 4.69) is 34.2 Å². The molecule has 2 unspecified atom stereocenters. The average molecular weight is 330 g/mol. The van der Waals surface area contributed by atoms with Gasteiger partial charge in [0.2, 0.25) is 11.8 Å². The Bertz CT molecular complexity index is 464. The first kappa shape index (κ1) is 13.7. The maximum Gasteiger partial charge on any atom is 0.230 e. The zero-order valence-electron chi connectivity index (χ0n) is 10.5. The molecule has 0 bridgehead atoms. The summed E-state index contributed by atoms with van der Waals surface area (Å²) in [6.45, 7) is 4.11. The van der Waals surface area contributed by atoms with Gasteiger partial charge in [-0.25, -0.2) is 0 Å². The molecule has 2 heterocycles. The summed E-state index contributed by atoms with van der Waals surface area (Å²) < 4.78 is 1.07. The SMILES string of the molecule is CCCC1C(=O)NC(=O)CC1c1cc(Br)c(C)s1. The molecule has 1 N–H and O–H groups in total. The first-order valence-electron chi connectivity index (χ1n) is 6.12. The second kappa shape index (κ2) is 5.53. The Morgan fingerprint density at radius 3 is 2.78 bits per heavy atom. The minimum atomic E-state index is -0.153. The van der Waals surface area contributed by atoms with Crippen LogP contribution in [-0.2, 0) is 9.59 Å². The van der Waals surface area contributed by atoms with Crippen LogP contribution >= 0.6 is 27.3 Å². The number of hydrogen-bond donors (Lipinski definition) is 1. The van der Waals surface area contributed by atoms with Crippen LogP contribution in [0.25, 0.3) is 0 Å². The number of carbonyl (C=O) groups is 2. The van der Waals surface area contributed by atoms with E-state index in [9.17, 15) is 9.59 Å². The molecule has 1 fully saturated rings. The third-order valence-electron chi connectivity index (χ3n) is 3.33. The summed E-state index contributed by atoms with van der Waals surface area (Å²) in [6, 6.07) is 2.05. The van der Waals surface area contributed by atoms with Gasteiger partial charge >= 0.3 is 0 Å². The zero-order valence-corrected chi connectivity index (χ0v) is 12.9. The van der Waals surface area contributed by atoms with Crippen molar-refractivity contribution in [3.05, 3.63) is 20.3 Å². The van der Waals surface area contributed by atoms with Crippen LogP contribution in [-0.4, -0.2) is 11.8 Å². The molecule has 0 spiro atoms. The van der Waals surface area contributed by atoms with E-state index in [1.165, 1.54) is 4.88 Å². The normalized spacial score (nSPS) is 24.2. The maximum absolute atomic E-state index is 11.9. The summed E-state index contributed by atoms with van der Waals surface area (Å²) >= 11 is 5.17. The number of rotatable bonds is 3. The molecule has 0 saturated carbocycles. The Balaban J connectivity index is 2.31. The number of thiophene rings is 1. The van der Waals surface area contributed by atoms with Crippen molar-refractivity contribution < 1.29 is 9.59 Å². The summed E-state index contributed by atoms with van der Waals surface area (Å²) in [5.41, 5.74) is 0. The van der Waals surface area contributed by atoms with E-state index in [1.54, 1.807) is 11.3 Å².